The van der Waals surface area contributed by atoms with Gasteiger partial charge in [0.2, 0.25) is 10.0 Å². The lowest BCUT2D eigenvalue weighted by Crippen LogP contribution is -2.43. The molecular formula is C20H25F3N6O4S. The number of pyridine rings is 1. The molecule has 2 aliphatic heterocycles. The Morgan fingerprint density at radius 3 is 2.41 bits per heavy atom. The van der Waals surface area contributed by atoms with Crippen molar-refractivity contribution in [3.05, 3.63) is 30.1 Å². The molecule has 0 atom stereocenters. The standard InChI is InChI=1S/C20H25F3N6O4S/c1-34(31,32)26-17-8-13-29(25-17)19(30)28-11-6-14(7-12-28)33-15-4-5-16(20(21,22)23)24-18(15)27-9-2-3-10-27/h4-5,8,13-14H,2-3,6-7,9-12H2,1H3,(H,25,26). The molecule has 10 nitrogen and oxygen atoms in total. The summed E-state index contributed by atoms with van der Waals surface area (Å²) in [6.07, 6.45) is 0.240. The zero-order chi connectivity index (χ0) is 24.5. The highest BCUT2D eigenvalue weighted by Gasteiger charge is 2.35. The number of ether oxygens (including phenoxy) is 1. The van der Waals surface area contributed by atoms with E-state index in [2.05, 4.69) is 14.8 Å². The number of anilines is 2. The number of aromatic nitrogens is 3. The predicted octanol–water partition coefficient (Wildman–Crippen LogP) is 2.78. The van der Waals surface area contributed by atoms with Gasteiger partial charge < -0.3 is 14.5 Å². The highest BCUT2D eigenvalue weighted by atomic mass is 32.2. The number of amides is 1. The maximum absolute atomic E-state index is 13.2. The van der Waals surface area contributed by atoms with Crippen LogP contribution in [0.4, 0.5) is 29.6 Å². The number of carbonyl (C=O) groups excluding carboxylic acids is 1. The highest BCUT2D eigenvalue weighted by molar-refractivity contribution is 7.92. The van der Waals surface area contributed by atoms with Crippen LogP contribution in [0.1, 0.15) is 31.4 Å². The monoisotopic (exact) mass is 502 g/mol. The van der Waals surface area contributed by atoms with E-state index in [1.54, 1.807) is 4.90 Å². The van der Waals surface area contributed by atoms with Crippen LogP contribution in [0.3, 0.4) is 0 Å². The Kier molecular flexibility index (Phi) is 6.60. The number of hydrogen-bond acceptors (Lipinski definition) is 7. The zero-order valence-corrected chi connectivity index (χ0v) is 19.3. The van der Waals surface area contributed by atoms with Crippen LogP contribution >= 0.6 is 0 Å². The summed E-state index contributed by atoms with van der Waals surface area (Å²) in [6, 6.07) is 3.22. The largest absolute Gasteiger partial charge is 0.486 e. The first-order valence-corrected chi connectivity index (χ1v) is 12.7. The second kappa shape index (κ2) is 9.31. The van der Waals surface area contributed by atoms with E-state index in [0.717, 1.165) is 29.8 Å². The molecule has 0 aromatic carbocycles. The molecule has 2 aliphatic rings. The van der Waals surface area contributed by atoms with Gasteiger partial charge in [0.05, 0.1) is 6.26 Å². The molecule has 1 N–H and O–H groups in total. The van der Waals surface area contributed by atoms with Crippen molar-refractivity contribution < 1.29 is 31.1 Å². The average molecular weight is 503 g/mol. The molecule has 4 rings (SSSR count). The third-order valence-corrected chi connectivity index (χ3v) is 6.20. The summed E-state index contributed by atoms with van der Waals surface area (Å²) in [5.41, 5.74) is -0.953. The minimum absolute atomic E-state index is 0.0401. The smallest absolute Gasteiger partial charge is 0.433 e. The van der Waals surface area contributed by atoms with Crippen molar-refractivity contribution in [3.8, 4) is 5.75 Å². The van der Waals surface area contributed by atoms with Gasteiger partial charge in [-0.2, -0.15) is 17.9 Å². The predicted molar refractivity (Wildman–Crippen MR) is 117 cm³/mol. The molecule has 0 saturated carbocycles. The quantitative estimate of drug-likeness (QED) is 0.670. The first-order valence-electron chi connectivity index (χ1n) is 10.8. The van der Waals surface area contributed by atoms with Crippen molar-refractivity contribution in [2.24, 2.45) is 0 Å². The van der Waals surface area contributed by atoms with Crippen molar-refractivity contribution >= 4 is 27.7 Å². The van der Waals surface area contributed by atoms with Crippen LogP contribution in [-0.2, 0) is 16.2 Å². The molecule has 0 unspecified atom stereocenters. The summed E-state index contributed by atoms with van der Waals surface area (Å²) in [7, 11) is -3.51. The summed E-state index contributed by atoms with van der Waals surface area (Å²) in [5.74, 6) is 0.551. The molecule has 0 aliphatic carbocycles. The lowest BCUT2D eigenvalue weighted by molar-refractivity contribution is -0.141. The first-order chi connectivity index (χ1) is 16.0. The molecule has 4 heterocycles. The second-order valence-electron chi connectivity index (χ2n) is 8.32. The third-order valence-electron chi connectivity index (χ3n) is 5.62. The first kappa shape index (κ1) is 24.1. The van der Waals surface area contributed by atoms with Crippen LogP contribution in [0.2, 0.25) is 0 Å². The van der Waals surface area contributed by atoms with Crippen LogP contribution in [0, 0.1) is 0 Å². The number of carbonyl (C=O) groups is 1. The number of alkyl halides is 3. The maximum Gasteiger partial charge on any atom is 0.433 e. The number of halogens is 3. The van der Waals surface area contributed by atoms with Crippen LogP contribution in [0.5, 0.6) is 5.75 Å². The van der Waals surface area contributed by atoms with Crippen LogP contribution < -0.4 is 14.4 Å². The number of hydrogen-bond donors (Lipinski definition) is 1. The maximum atomic E-state index is 13.2. The number of likely N-dealkylation sites (tertiary alicyclic amines) is 1. The summed E-state index contributed by atoms with van der Waals surface area (Å²) < 4.78 is 71.5. The molecule has 0 spiro atoms. The molecular weight excluding hydrogens is 477 g/mol. The zero-order valence-electron chi connectivity index (χ0n) is 18.5. The van der Waals surface area contributed by atoms with Crippen molar-refractivity contribution in [2.75, 3.05) is 42.1 Å². The van der Waals surface area contributed by atoms with Crippen LogP contribution in [0.25, 0.3) is 0 Å². The molecule has 186 valence electrons. The third kappa shape index (κ3) is 5.72. The van der Waals surface area contributed by atoms with Crippen molar-refractivity contribution in [1.29, 1.82) is 0 Å². The Bertz CT molecular complexity index is 1140. The van der Waals surface area contributed by atoms with E-state index in [-0.39, 0.29) is 17.7 Å². The molecule has 2 aromatic heterocycles. The molecule has 1 amide bonds. The van der Waals surface area contributed by atoms with Gasteiger partial charge in [-0.25, -0.2) is 18.2 Å². The number of nitrogens with zero attached hydrogens (tertiary/aromatic N) is 5. The highest BCUT2D eigenvalue weighted by Crippen LogP contribution is 2.36. The van der Waals surface area contributed by atoms with Gasteiger partial charge in [0.15, 0.2) is 17.4 Å². The van der Waals surface area contributed by atoms with Gasteiger partial charge in [-0.3, -0.25) is 4.72 Å². The van der Waals surface area contributed by atoms with Crippen LogP contribution in [0.15, 0.2) is 24.4 Å². The van der Waals surface area contributed by atoms with Gasteiger partial charge in [-0.1, -0.05) is 0 Å². The Labute approximate surface area is 194 Å². The Balaban J connectivity index is 1.40. The Morgan fingerprint density at radius 2 is 1.79 bits per heavy atom. The fourth-order valence-corrected chi connectivity index (χ4v) is 4.49. The van der Waals surface area contributed by atoms with Crippen LogP contribution in [-0.4, -0.2) is 72.7 Å². The Hall–Kier alpha value is -3.03. The lowest BCUT2D eigenvalue weighted by Gasteiger charge is -2.32. The topological polar surface area (TPSA) is 110 Å². The number of rotatable bonds is 5. The molecule has 34 heavy (non-hydrogen) atoms. The molecule has 14 heteroatoms. The van der Waals surface area contributed by atoms with Gasteiger partial charge >= 0.3 is 12.2 Å². The average Bonchev–Trinajstić information content (AvgIpc) is 3.44. The van der Waals surface area contributed by atoms with Crippen molar-refractivity contribution in [3.63, 3.8) is 0 Å². The number of piperidine rings is 1. The fraction of sp³-hybridized carbons (Fsp3) is 0.550. The summed E-state index contributed by atoms with van der Waals surface area (Å²) in [6.45, 7) is 1.95. The molecule has 2 saturated heterocycles. The summed E-state index contributed by atoms with van der Waals surface area (Å²) >= 11 is 0. The van der Waals surface area contributed by atoms with Gasteiger partial charge in [0.1, 0.15) is 11.8 Å². The molecule has 0 radical (unpaired) electrons. The normalized spacial score (nSPS) is 17.8. The van der Waals surface area contributed by atoms with E-state index in [4.69, 9.17) is 4.74 Å². The number of nitrogens with one attached hydrogen (secondary N) is 1. The number of sulfonamides is 1. The fourth-order valence-electron chi connectivity index (χ4n) is 4.01. The Morgan fingerprint density at radius 1 is 1.12 bits per heavy atom. The summed E-state index contributed by atoms with van der Waals surface area (Å²) in [5, 5.41) is 3.94. The second-order valence-corrected chi connectivity index (χ2v) is 10.1. The van der Waals surface area contributed by atoms with Crippen molar-refractivity contribution in [2.45, 2.75) is 38.0 Å². The van der Waals surface area contributed by atoms with Gasteiger partial charge in [-0.15, -0.1) is 5.10 Å². The molecule has 0 bridgehead atoms. The van der Waals surface area contributed by atoms with Gasteiger partial charge in [-0.05, 0) is 25.0 Å². The van der Waals surface area contributed by atoms with E-state index in [1.807, 2.05) is 4.90 Å². The summed E-state index contributed by atoms with van der Waals surface area (Å²) in [4.78, 5) is 19.9. The molecule has 2 aromatic rings. The van der Waals surface area contributed by atoms with Gasteiger partial charge in [0.25, 0.3) is 0 Å². The SMILES string of the molecule is CS(=O)(=O)Nc1ccn(C(=O)N2CCC(Oc3ccc(C(F)(F)F)nc3N3CCCC3)CC2)n1. The van der Waals surface area contributed by atoms with Gasteiger partial charge in [0, 0.05) is 51.3 Å². The van der Waals surface area contributed by atoms with E-state index in [1.165, 1.54) is 18.3 Å². The minimum atomic E-state index is -4.54. The van der Waals surface area contributed by atoms with Crippen molar-refractivity contribution in [1.82, 2.24) is 19.7 Å². The van der Waals surface area contributed by atoms with E-state index in [9.17, 15) is 26.4 Å². The van der Waals surface area contributed by atoms with E-state index < -0.39 is 27.9 Å². The lowest BCUT2D eigenvalue weighted by atomic mass is 10.1. The molecule has 2 fully saturated rings. The van der Waals surface area contributed by atoms with E-state index >= 15 is 0 Å². The van der Waals surface area contributed by atoms with E-state index in [0.29, 0.717) is 44.8 Å². The minimum Gasteiger partial charge on any atom is -0.486 e.